The van der Waals surface area contributed by atoms with Crippen molar-refractivity contribution < 1.29 is 0 Å². The summed E-state index contributed by atoms with van der Waals surface area (Å²) in [5, 5.41) is 17.2. The predicted octanol–water partition coefficient (Wildman–Crippen LogP) is 2.95. The third-order valence-corrected chi connectivity index (χ3v) is 3.50. The zero-order valence-electron chi connectivity index (χ0n) is 5.81. The van der Waals surface area contributed by atoms with Crippen molar-refractivity contribution in [3.05, 3.63) is 32.2 Å². The van der Waals surface area contributed by atoms with Crippen LogP contribution in [0.1, 0.15) is 11.1 Å². The van der Waals surface area contributed by atoms with E-state index in [1.165, 1.54) is 0 Å². The normalized spacial score (nSPS) is 8.67. The van der Waals surface area contributed by atoms with Gasteiger partial charge in [-0.1, -0.05) is 0 Å². The summed E-state index contributed by atoms with van der Waals surface area (Å²) in [6, 6.07) is 7.21. The molecule has 0 bridgehead atoms. The van der Waals surface area contributed by atoms with Gasteiger partial charge >= 0.3 is 0 Å². The minimum Gasteiger partial charge on any atom is -0.192 e. The Hall–Kier alpha value is -0.840. The second kappa shape index (κ2) is 3.71. The molecule has 2 nitrogen and oxygen atoms in total. The molecule has 0 heterocycles. The van der Waals surface area contributed by atoms with Crippen LogP contribution >= 0.6 is 31.9 Å². The zero-order valence-corrected chi connectivity index (χ0v) is 8.98. The Bertz CT molecular complexity index is 360. The molecule has 12 heavy (non-hydrogen) atoms. The van der Waals surface area contributed by atoms with Crippen molar-refractivity contribution in [3.63, 3.8) is 0 Å². The Morgan fingerprint density at radius 1 is 0.917 bits per heavy atom. The van der Waals surface area contributed by atoms with Gasteiger partial charge in [0.1, 0.15) is 12.1 Å². The Morgan fingerprint density at radius 2 is 1.25 bits per heavy atom. The average molecular weight is 286 g/mol. The van der Waals surface area contributed by atoms with Gasteiger partial charge in [0.25, 0.3) is 0 Å². The maximum absolute atomic E-state index is 8.62. The molecule has 0 radical (unpaired) electrons. The van der Waals surface area contributed by atoms with Crippen molar-refractivity contribution in [2.24, 2.45) is 0 Å². The summed E-state index contributed by atoms with van der Waals surface area (Å²) in [6.45, 7) is 0. The highest BCUT2D eigenvalue weighted by Crippen LogP contribution is 2.29. The number of hydrogen-bond donors (Lipinski definition) is 0. The van der Waals surface area contributed by atoms with E-state index >= 15 is 0 Å². The van der Waals surface area contributed by atoms with E-state index in [1.54, 1.807) is 12.1 Å². The summed E-state index contributed by atoms with van der Waals surface area (Å²) >= 11 is 6.42. The van der Waals surface area contributed by atoms with E-state index in [0.717, 1.165) is 0 Å². The number of benzene rings is 1. The summed E-state index contributed by atoms with van der Waals surface area (Å²) in [5.41, 5.74) is 1.03. The van der Waals surface area contributed by atoms with E-state index < -0.39 is 0 Å². The fraction of sp³-hybridized carbons (Fsp3) is 0. The van der Waals surface area contributed by atoms with E-state index in [4.69, 9.17) is 10.5 Å². The minimum atomic E-state index is 0.515. The number of rotatable bonds is 0. The molecule has 0 N–H and O–H groups in total. The van der Waals surface area contributed by atoms with Gasteiger partial charge in [0, 0.05) is 0 Å². The van der Waals surface area contributed by atoms with Crippen molar-refractivity contribution in [3.8, 4) is 12.1 Å². The van der Waals surface area contributed by atoms with Gasteiger partial charge in [-0.05, 0) is 44.0 Å². The smallest absolute Gasteiger partial charge is 0.100 e. The Balaban J connectivity index is 3.45. The summed E-state index contributed by atoms with van der Waals surface area (Å²) in [5.74, 6) is 0. The van der Waals surface area contributed by atoms with Crippen molar-refractivity contribution in [2.75, 3.05) is 0 Å². The fourth-order valence-corrected chi connectivity index (χ4v) is 1.59. The van der Waals surface area contributed by atoms with E-state index in [0.29, 0.717) is 20.1 Å². The van der Waals surface area contributed by atoms with E-state index in [1.807, 2.05) is 12.1 Å². The average Bonchev–Trinajstić information content (AvgIpc) is 2.10. The molecule has 0 fully saturated rings. The van der Waals surface area contributed by atoms with Gasteiger partial charge in [0.15, 0.2) is 0 Å². The van der Waals surface area contributed by atoms with Gasteiger partial charge in [-0.25, -0.2) is 0 Å². The molecule has 0 aliphatic heterocycles. The predicted molar refractivity (Wildman–Crippen MR) is 51.3 cm³/mol. The molecule has 0 atom stereocenters. The molecule has 58 valence electrons. The van der Waals surface area contributed by atoms with Gasteiger partial charge < -0.3 is 0 Å². The standard InChI is InChI=1S/C8H2Br2N2/c9-7-5(3-11)1-2-6(4-12)8(7)10/h1-2H. The maximum atomic E-state index is 8.62. The van der Waals surface area contributed by atoms with Gasteiger partial charge in [-0.3, -0.25) is 0 Å². The fourth-order valence-electron chi connectivity index (χ4n) is 0.722. The lowest BCUT2D eigenvalue weighted by Gasteiger charge is -1.99. The van der Waals surface area contributed by atoms with Gasteiger partial charge in [0.2, 0.25) is 0 Å². The molecule has 0 saturated heterocycles. The molecule has 1 aromatic rings. The third-order valence-electron chi connectivity index (χ3n) is 1.32. The lowest BCUT2D eigenvalue weighted by Crippen LogP contribution is -1.83. The number of nitriles is 2. The molecule has 1 rings (SSSR count). The number of halogens is 2. The minimum absolute atomic E-state index is 0.515. The Morgan fingerprint density at radius 3 is 1.50 bits per heavy atom. The van der Waals surface area contributed by atoms with Crippen LogP contribution in [0.4, 0.5) is 0 Å². The molecule has 0 aliphatic carbocycles. The van der Waals surface area contributed by atoms with Crippen LogP contribution in [-0.2, 0) is 0 Å². The summed E-state index contributed by atoms with van der Waals surface area (Å²) in [7, 11) is 0. The maximum Gasteiger partial charge on any atom is 0.100 e. The third kappa shape index (κ3) is 1.50. The van der Waals surface area contributed by atoms with Gasteiger partial charge in [0.05, 0.1) is 20.1 Å². The highest BCUT2D eigenvalue weighted by Gasteiger charge is 2.07. The Kier molecular flexibility index (Phi) is 2.86. The van der Waals surface area contributed by atoms with Crippen LogP contribution in [0.15, 0.2) is 21.1 Å². The van der Waals surface area contributed by atoms with Crippen LogP contribution in [0, 0.1) is 22.7 Å². The first-order valence-corrected chi connectivity index (χ1v) is 4.57. The molecule has 0 saturated carbocycles. The van der Waals surface area contributed by atoms with Crippen LogP contribution in [-0.4, -0.2) is 0 Å². The monoisotopic (exact) mass is 284 g/mol. The quantitative estimate of drug-likeness (QED) is 0.736. The summed E-state index contributed by atoms with van der Waals surface area (Å²) < 4.78 is 1.26. The van der Waals surface area contributed by atoms with Crippen molar-refractivity contribution in [1.82, 2.24) is 0 Å². The second-order valence-electron chi connectivity index (χ2n) is 2.01. The molecule has 0 aromatic heterocycles. The van der Waals surface area contributed by atoms with Crippen LogP contribution in [0.2, 0.25) is 0 Å². The first-order chi connectivity index (χ1) is 5.70. The summed E-state index contributed by atoms with van der Waals surface area (Å²) in [4.78, 5) is 0. The molecule has 0 spiro atoms. The van der Waals surface area contributed by atoms with E-state index in [9.17, 15) is 0 Å². The van der Waals surface area contributed by atoms with E-state index in [-0.39, 0.29) is 0 Å². The second-order valence-corrected chi connectivity index (χ2v) is 3.60. The van der Waals surface area contributed by atoms with E-state index in [2.05, 4.69) is 31.9 Å². The molecule has 1 aromatic carbocycles. The highest BCUT2D eigenvalue weighted by molar-refractivity contribution is 9.13. The van der Waals surface area contributed by atoms with Crippen molar-refractivity contribution in [2.45, 2.75) is 0 Å². The largest absolute Gasteiger partial charge is 0.192 e. The molecular formula is C8H2Br2N2. The van der Waals surface area contributed by atoms with Crippen LogP contribution in [0.25, 0.3) is 0 Å². The first kappa shape index (κ1) is 9.25. The molecule has 0 amide bonds. The van der Waals surface area contributed by atoms with Crippen LogP contribution in [0.5, 0.6) is 0 Å². The van der Waals surface area contributed by atoms with Gasteiger partial charge in [-0.15, -0.1) is 0 Å². The molecule has 0 aliphatic rings. The first-order valence-electron chi connectivity index (χ1n) is 2.99. The zero-order chi connectivity index (χ0) is 9.14. The molecule has 0 unspecified atom stereocenters. The van der Waals surface area contributed by atoms with Crippen LogP contribution < -0.4 is 0 Å². The van der Waals surface area contributed by atoms with Crippen molar-refractivity contribution in [1.29, 1.82) is 10.5 Å². The highest BCUT2D eigenvalue weighted by atomic mass is 79.9. The number of hydrogen-bond acceptors (Lipinski definition) is 2. The lowest BCUT2D eigenvalue weighted by atomic mass is 10.2. The van der Waals surface area contributed by atoms with Crippen molar-refractivity contribution >= 4 is 31.9 Å². The molecular weight excluding hydrogens is 284 g/mol. The number of nitrogens with zero attached hydrogens (tertiary/aromatic N) is 2. The van der Waals surface area contributed by atoms with Gasteiger partial charge in [-0.2, -0.15) is 10.5 Å². The summed E-state index contributed by atoms with van der Waals surface area (Å²) in [6.07, 6.45) is 0. The van der Waals surface area contributed by atoms with Crippen LogP contribution in [0.3, 0.4) is 0 Å². The molecule has 4 heteroatoms. The SMILES string of the molecule is N#Cc1ccc(C#N)c(Br)c1Br. The Labute approximate surface area is 86.7 Å². The topological polar surface area (TPSA) is 47.6 Å². The lowest BCUT2D eigenvalue weighted by molar-refractivity contribution is 1.41.